The highest BCUT2D eigenvalue weighted by molar-refractivity contribution is 5.95. The Kier molecular flexibility index (Phi) is 5.08. The van der Waals surface area contributed by atoms with E-state index in [1.807, 2.05) is 12.1 Å². The minimum absolute atomic E-state index is 0.0414. The van der Waals surface area contributed by atoms with Gasteiger partial charge in [0.1, 0.15) is 0 Å². The first-order valence-corrected chi connectivity index (χ1v) is 8.20. The van der Waals surface area contributed by atoms with Crippen molar-refractivity contribution in [2.45, 2.75) is 31.8 Å². The molecule has 2 atom stereocenters. The van der Waals surface area contributed by atoms with Crippen molar-refractivity contribution in [1.29, 1.82) is 0 Å². The van der Waals surface area contributed by atoms with Crippen LogP contribution in [0.5, 0.6) is 0 Å². The first-order valence-electron chi connectivity index (χ1n) is 8.20. The Balaban J connectivity index is 1.65. The van der Waals surface area contributed by atoms with Crippen molar-refractivity contribution in [3.63, 3.8) is 0 Å². The summed E-state index contributed by atoms with van der Waals surface area (Å²) in [6.45, 7) is 6.67. The van der Waals surface area contributed by atoms with E-state index in [0.717, 1.165) is 51.4 Å². The van der Waals surface area contributed by atoms with Crippen molar-refractivity contribution in [2.75, 3.05) is 38.2 Å². The first-order chi connectivity index (χ1) is 10.7. The van der Waals surface area contributed by atoms with Gasteiger partial charge in [-0.2, -0.15) is 0 Å². The van der Waals surface area contributed by atoms with Crippen LogP contribution in [0, 0.1) is 0 Å². The topological polar surface area (TPSA) is 53.6 Å². The highest BCUT2D eigenvalue weighted by atomic mass is 16.5. The molecule has 0 bridgehead atoms. The molecule has 1 aromatic carbocycles. The van der Waals surface area contributed by atoms with Crippen LogP contribution in [-0.2, 0) is 9.53 Å². The number of anilines is 1. The molecule has 0 spiro atoms. The van der Waals surface area contributed by atoms with Gasteiger partial charge in [-0.25, -0.2) is 0 Å². The molecule has 2 N–H and O–H groups in total. The zero-order valence-corrected chi connectivity index (χ0v) is 13.2. The van der Waals surface area contributed by atoms with Gasteiger partial charge in [0.25, 0.3) is 0 Å². The standard InChI is InChI=1S/C17H25N3O2/c1-13(20-8-10-22-11-9-20)14-4-2-5-15(12-14)19-17(21)16-6-3-7-18-16/h2,4-5,12-13,16,18H,3,6-11H2,1H3,(H,19,21). The summed E-state index contributed by atoms with van der Waals surface area (Å²) in [6.07, 6.45) is 2.00. The summed E-state index contributed by atoms with van der Waals surface area (Å²) in [6, 6.07) is 8.49. The first kappa shape index (κ1) is 15.5. The van der Waals surface area contributed by atoms with Crippen molar-refractivity contribution >= 4 is 11.6 Å². The lowest BCUT2D eigenvalue weighted by atomic mass is 10.1. The van der Waals surface area contributed by atoms with Crippen LogP contribution in [0.2, 0.25) is 0 Å². The summed E-state index contributed by atoms with van der Waals surface area (Å²) in [5.41, 5.74) is 2.12. The number of hydrogen-bond acceptors (Lipinski definition) is 4. The predicted molar refractivity (Wildman–Crippen MR) is 86.9 cm³/mol. The number of benzene rings is 1. The molecule has 2 fully saturated rings. The average Bonchev–Trinajstić information content (AvgIpc) is 3.10. The Morgan fingerprint density at radius 1 is 1.41 bits per heavy atom. The van der Waals surface area contributed by atoms with Crippen molar-refractivity contribution in [3.8, 4) is 0 Å². The number of morpholine rings is 1. The van der Waals surface area contributed by atoms with Gasteiger partial charge >= 0.3 is 0 Å². The van der Waals surface area contributed by atoms with E-state index in [9.17, 15) is 4.79 Å². The normalized spacial score (nSPS) is 24.1. The Hall–Kier alpha value is -1.43. The van der Waals surface area contributed by atoms with Crippen LogP contribution in [-0.4, -0.2) is 49.7 Å². The zero-order valence-electron chi connectivity index (χ0n) is 13.2. The maximum Gasteiger partial charge on any atom is 0.241 e. The van der Waals surface area contributed by atoms with Gasteiger partial charge in [-0.05, 0) is 44.0 Å². The van der Waals surface area contributed by atoms with Gasteiger partial charge in [-0.1, -0.05) is 12.1 Å². The van der Waals surface area contributed by atoms with Crippen LogP contribution in [0.4, 0.5) is 5.69 Å². The molecular formula is C17H25N3O2. The van der Waals surface area contributed by atoms with Crippen LogP contribution in [0.3, 0.4) is 0 Å². The molecule has 0 radical (unpaired) electrons. The number of nitrogens with zero attached hydrogens (tertiary/aromatic N) is 1. The molecule has 120 valence electrons. The fourth-order valence-corrected chi connectivity index (χ4v) is 3.19. The third kappa shape index (κ3) is 3.66. The molecule has 22 heavy (non-hydrogen) atoms. The summed E-state index contributed by atoms with van der Waals surface area (Å²) < 4.78 is 5.41. The highest BCUT2D eigenvalue weighted by Crippen LogP contribution is 2.24. The van der Waals surface area contributed by atoms with Crippen LogP contribution in [0.25, 0.3) is 0 Å². The van der Waals surface area contributed by atoms with Crippen LogP contribution in [0.15, 0.2) is 24.3 Å². The summed E-state index contributed by atoms with van der Waals surface area (Å²) in [5.74, 6) is 0.0775. The molecule has 2 aliphatic rings. The zero-order chi connectivity index (χ0) is 15.4. The van der Waals surface area contributed by atoms with E-state index < -0.39 is 0 Å². The molecule has 2 aliphatic heterocycles. The summed E-state index contributed by atoms with van der Waals surface area (Å²) in [7, 11) is 0. The molecule has 0 saturated carbocycles. The number of ether oxygens (including phenoxy) is 1. The lowest BCUT2D eigenvalue weighted by molar-refractivity contribution is -0.117. The maximum atomic E-state index is 12.2. The Bertz CT molecular complexity index is 508. The monoisotopic (exact) mass is 303 g/mol. The van der Waals surface area contributed by atoms with Gasteiger partial charge in [0.05, 0.1) is 19.3 Å². The second kappa shape index (κ2) is 7.22. The quantitative estimate of drug-likeness (QED) is 0.890. The molecule has 2 saturated heterocycles. The lowest BCUT2D eigenvalue weighted by Crippen LogP contribution is -2.38. The molecule has 2 heterocycles. The second-order valence-electron chi connectivity index (χ2n) is 6.09. The largest absolute Gasteiger partial charge is 0.379 e. The minimum atomic E-state index is -0.0414. The molecular weight excluding hydrogens is 278 g/mol. The van der Waals surface area contributed by atoms with E-state index in [4.69, 9.17) is 4.74 Å². The number of rotatable bonds is 4. The third-order valence-electron chi connectivity index (χ3n) is 4.61. The number of amides is 1. The van der Waals surface area contributed by atoms with Crippen LogP contribution < -0.4 is 10.6 Å². The Labute approximate surface area is 132 Å². The van der Waals surface area contributed by atoms with Crippen molar-refractivity contribution in [2.24, 2.45) is 0 Å². The van der Waals surface area contributed by atoms with Crippen LogP contribution >= 0.6 is 0 Å². The van der Waals surface area contributed by atoms with Crippen molar-refractivity contribution < 1.29 is 9.53 Å². The minimum Gasteiger partial charge on any atom is -0.379 e. The average molecular weight is 303 g/mol. The summed E-state index contributed by atoms with van der Waals surface area (Å²) >= 11 is 0. The molecule has 0 aliphatic carbocycles. The van der Waals surface area contributed by atoms with Crippen molar-refractivity contribution in [3.05, 3.63) is 29.8 Å². The van der Waals surface area contributed by atoms with Gasteiger partial charge in [-0.15, -0.1) is 0 Å². The smallest absolute Gasteiger partial charge is 0.241 e. The van der Waals surface area contributed by atoms with Gasteiger partial charge in [0.15, 0.2) is 0 Å². The number of nitrogens with one attached hydrogen (secondary N) is 2. The SMILES string of the molecule is CC(c1cccc(NC(=O)C2CCCN2)c1)N1CCOCC1. The molecule has 3 rings (SSSR count). The molecule has 0 aromatic heterocycles. The molecule has 1 amide bonds. The van der Waals surface area contributed by atoms with E-state index >= 15 is 0 Å². The molecule has 5 heteroatoms. The van der Waals surface area contributed by atoms with E-state index in [1.165, 1.54) is 5.56 Å². The molecule has 1 aromatic rings. The summed E-state index contributed by atoms with van der Waals surface area (Å²) in [5, 5.41) is 6.27. The Morgan fingerprint density at radius 3 is 2.95 bits per heavy atom. The van der Waals surface area contributed by atoms with E-state index in [1.54, 1.807) is 0 Å². The fraction of sp³-hybridized carbons (Fsp3) is 0.588. The number of carbonyl (C=O) groups is 1. The fourth-order valence-electron chi connectivity index (χ4n) is 3.19. The number of carbonyl (C=O) groups excluding carboxylic acids is 1. The van der Waals surface area contributed by atoms with Crippen molar-refractivity contribution in [1.82, 2.24) is 10.2 Å². The summed E-state index contributed by atoms with van der Waals surface area (Å²) in [4.78, 5) is 14.6. The van der Waals surface area contributed by atoms with Gasteiger partial charge in [0.2, 0.25) is 5.91 Å². The highest BCUT2D eigenvalue weighted by Gasteiger charge is 2.22. The van der Waals surface area contributed by atoms with Gasteiger partial charge in [-0.3, -0.25) is 9.69 Å². The maximum absolute atomic E-state index is 12.2. The van der Waals surface area contributed by atoms with Crippen LogP contribution in [0.1, 0.15) is 31.4 Å². The third-order valence-corrected chi connectivity index (χ3v) is 4.61. The number of hydrogen-bond donors (Lipinski definition) is 2. The van der Waals surface area contributed by atoms with E-state index in [0.29, 0.717) is 6.04 Å². The second-order valence-corrected chi connectivity index (χ2v) is 6.09. The van der Waals surface area contributed by atoms with E-state index in [-0.39, 0.29) is 11.9 Å². The predicted octanol–water partition coefficient (Wildman–Crippen LogP) is 1.77. The van der Waals surface area contributed by atoms with E-state index in [2.05, 4.69) is 34.6 Å². The molecule has 2 unspecified atom stereocenters. The van der Waals surface area contributed by atoms with Gasteiger partial charge < -0.3 is 15.4 Å². The lowest BCUT2D eigenvalue weighted by Gasteiger charge is -2.32. The van der Waals surface area contributed by atoms with Gasteiger partial charge in [0, 0.05) is 24.8 Å². The Morgan fingerprint density at radius 2 is 2.23 bits per heavy atom. The molecule has 5 nitrogen and oxygen atoms in total.